The Kier molecular flexibility index (Phi) is 1.54. The lowest BCUT2D eigenvalue weighted by Crippen LogP contribution is -1.99. The Bertz CT molecular complexity index is 484. The lowest BCUT2D eigenvalue weighted by Gasteiger charge is -1.88. The highest BCUT2D eigenvalue weighted by Gasteiger charge is 2.09. The highest BCUT2D eigenvalue weighted by molar-refractivity contribution is 5.45. The summed E-state index contributed by atoms with van der Waals surface area (Å²) in [5.74, 6) is 1.00. The summed E-state index contributed by atoms with van der Waals surface area (Å²) in [6.07, 6.45) is 4.62. The fourth-order valence-electron chi connectivity index (χ4n) is 1.10. The first kappa shape index (κ1) is 7.79. The number of hydrogen-bond donors (Lipinski definition) is 2. The molecule has 0 aromatic carbocycles. The van der Waals surface area contributed by atoms with E-state index in [1.807, 2.05) is 0 Å². The van der Waals surface area contributed by atoms with Crippen LogP contribution in [0.1, 0.15) is 0 Å². The molecular formula is C6H5N9. The van der Waals surface area contributed by atoms with Gasteiger partial charge in [0, 0.05) is 0 Å². The van der Waals surface area contributed by atoms with Gasteiger partial charge in [-0.05, 0) is 0 Å². The molecule has 2 N–H and O–H groups in total. The summed E-state index contributed by atoms with van der Waals surface area (Å²) < 4.78 is 0. The van der Waals surface area contributed by atoms with E-state index in [0.29, 0.717) is 17.3 Å². The van der Waals surface area contributed by atoms with E-state index < -0.39 is 0 Å². The van der Waals surface area contributed by atoms with E-state index in [1.54, 1.807) is 12.4 Å². The van der Waals surface area contributed by atoms with E-state index in [9.17, 15) is 0 Å². The summed E-state index contributed by atoms with van der Waals surface area (Å²) in [5.41, 5.74) is 0.569. The second kappa shape index (κ2) is 2.97. The average molecular weight is 203 g/mol. The van der Waals surface area contributed by atoms with Crippen molar-refractivity contribution in [3.63, 3.8) is 0 Å². The molecule has 0 aliphatic rings. The van der Waals surface area contributed by atoms with Gasteiger partial charge in [0.1, 0.15) is 6.33 Å². The monoisotopic (exact) mass is 203 g/mol. The van der Waals surface area contributed by atoms with Gasteiger partial charge in [-0.3, -0.25) is 10.2 Å². The molecule has 0 atom stereocenters. The molecule has 3 aromatic rings. The molecule has 0 saturated carbocycles. The molecule has 0 aliphatic heterocycles. The maximum atomic E-state index is 4.13. The normalized spacial score (nSPS) is 10.7. The van der Waals surface area contributed by atoms with Crippen molar-refractivity contribution in [3.8, 4) is 17.3 Å². The highest BCUT2D eigenvalue weighted by Crippen LogP contribution is 2.08. The van der Waals surface area contributed by atoms with Crippen LogP contribution in [0, 0.1) is 0 Å². The molecule has 9 heteroatoms. The van der Waals surface area contributed by atoms with Gasteiger partial charge in [-0.1, -0.05) is 5.21 Å². The van der Waals surface area contributed by atoms with E-state index in [-0.39, 0.29) is 0 Å². The minimum absolute atomic E-state index is 0.491. The van der Waals surface area contributed by atoms with Crippen LogP contribution in [0.2, 0.25) is 0 Å². The number of aromatic nitrogens is 9. The van der Waals surface area contributed by atoms with Crippen LogP contribution >= 0.6 is 0 Å². The van der Waals surface area contributed by atoms with Gasteiger partial charge in [0.05, 0.1) is 12.4 Å². The molecule has 15 heavy (non-hydrogen) atoms. The quantitative estimate of drug-likeness (QED) is 0.561. The smallest absolute Gasteiger partial charge is 0.215 e. The number of hydrogen-bond acceptors (Lipinski definition) is 6. The third-order valence-corrected chi connectivity index (χ3v) is 1.74. The van der Waals surface area contributed by atoms with Crippen LogP contribution < -0.4 is 0 Å². The molecule has 0 fully saturated rings. The first-order valence-corrected chi connectivity index (χ1v) is 4.09. The molecule has 3 rings (SSSR count). The highest BCUT2D eigenvalue weighted by atomic mass is 15.5. The Balaban J connectivity index is 2.02. The van der Waals surface area contributed by atoms with Crippen LogP contribution in [0.4, 0.5) is 0 Å². The molecule has 0 saturated heterocycles. The van der Waals surface area contributed by atoms with Gasteiger partial charge >= 0.3 is 0 Å². The van der Waals surface area contributed by atoms with E-state index in [0.717, 1.165) is 0 Å². The van der Waals surface area contributed by atoms with Crippen LogP contribution in [0.5, 0.6) is 0 Å². The number of rotatable bonds is 2. The lowest BCUT2D eigenvalue weighted by atomic mass is 10.5. The summed E-state index contributed by atoms with van der Waals surface area (Å²) in [6, 6.07) is 0. The Morgan fingerprint density at radius 1 is 1.27 bits per heavy atom. The van der Waals surface area contributed by atoms with Crippen LogP contribution in [-0.4, -0.2) is 45.6 Å². The van der Waals surface area contributed by atoms with Crippen molar-refractivity contribution in [2.75, 3.05) is 0 Å². The van der Waals surface area contributed by atoms with Gasteiger partial charge in [0.25, 0.3) is 0 Å². The molecule has 3 heterocycles. The Labute approximate surface area is 82.5 Å². The second-order valence-corrected chi connectivity index (χ2v) is 2.67. The molecule has 3 aromatic heterocycles. The van der Waals surface area contributed by atoms with Crippen LogP contribution in [-0.2, 0) is 0 Å². The van der Waals surface area contributed by atoms with Gasteiger partial charge in [0.2, 0.25) is 11.6 Å². The number of nitrogens with one attached hydrogen (secondary N) is 2. The largest absolute Gasteiger partial charge is 0.265 e. The van der Waals surface area contributed by atoms with Crippen LogP contribution in [0.3, 0.4) is 0 Å². The van der Waals surface area contributed by atoms with Crippen molar-refractivity contribution in [2.24, 2.45) is 0 Å². The maximum absolute atomic E-state index is 4.13. The molecule has 0 aliphatic carbocycles. The Morgan fingerprint density at radius 3 is 3.00 bits per heavy atom. The summed E-state index contributed by atoms with van der Waals surface area (Å²) >= 11 is 0. The lowest BCUT2D eigenvalue weighted by molar-refractivity contribution is 0.724. The zero-order chi connectivity index (χ0) is 10.1. The predicted molar refractivity (Wildman–Crippen MR) is 46.7 cm³/mol. The summed E-state index contributed by atoms with van der Waals surface area (Å²) in [5, 5.41) is 24.5. The van der Waals surface area contributed by atoms with E-state index in [2.05, 4.69) is 40.8 Å². The third kappa shape index (κ3) is 1.25. The van der Waals surface area contributed by atoms with E-state index in [1.165, 1.54) is 11.1 Å². The summed E-state index contributed by atoms with van der Waals surface area (Å²) in [4.78, 5) is 5.30. The molecule has 74 valence electrons. The van der Waals surface area contributed by atoms with Crippen molar-refractivity contribution >= 4 is 0 Å². The third-order valence-electron chi connectivity index (χ3n) is 1.74. The van der Waals surface area contributed by atoms with Crippen molar-refractivity contribution in [1.82, 2.24) is 45.6 Å². The SMILES string of the molecule is c1nc(-c2cnn(-c3c[nH]nn3)n2)n[nH]1. The summed E-state index contributed by atoms with van der Waals surface area (Å²) in [7, 11) is 0. The minimum Gasteiger partial charge on any atom is -0.265 e. The molecule has 0 radical (unpaired) electrons. The van der Waals surface area contributed by atoms with E-state index in [4.69, 9.17) is 0 Å². The molecule has 9 nitrogen and oxygen atoms in total. The van der Waals surface area contributed by atoms with Gasteiger partial charge in [0.15, 0.2) is 5.69 Å². The Morgan fingerprint density at radius 2 is 2.27 bits per heavy atom. The zero-order valence-corrected chi connectivity index (χ0v) is 7.36. The second-order valence-electron chi connectivity index (χ2n) is 2.67. The van der Waals surface area contributed by atoms with Crippen LogP contribution in [0.25, 0.3) is 17.3 Å². The molecular weight excluding hydrogens is 198 g/mol. The number of aromatic amines is 2. The zero-order valence-electron chi connectivity index (χ0n) is 7.36. The first-order valence-electron chi connectivity index (χ1n) is 4.09. The molecule has 0 unspecified atom stereocenters. The van der Waals surface area contributed by atoms with Crippen molar-refractivity contribution in [2.45, 2.75) is 0 Å². The standard InChI is InChI=1S/C6H5N9/c1-4(6-7-3-9-12-6)13-15(10-1)5-2-8-14-11-5/h1-3H,(H,7,9,12)(H,8,11,14). The van der Waals surface area contributed by atoms with Gasteiger partial charge in [-0.25, -0.2) is 4.98 Å². The Hall–Kier alpha value is -2.58. The maximum Gasteiger partial charge on any atom is 0.215 e. The van der Waals surface area contributed by atoms with Crippen LogP contribution in [0.15, 0.2) is 18.7 Å². The molecule has 0 bridgehead atoms. The first-order chi connectivity index (χ1) is 7.43. The van der Waals surface area contributed by atoms with E-state index >= 15 is 0 Å². The fraction of sp³-hybridized carbons (Fsp3) is 0. The van der Waals surface area contributed by atoms with Crippen molar-refractivity contribution in [3.05, 3.63) is 18.7 Å². The fourth-order valence-corrected chi connectivity index (χ4v) is 1.10. The molecule has 0 spiro atoms. The average Bonchev–Trinajstić information content (AvgIpc) is 3.02. The minimum atomic E-state index is 0.491. The van der Waals surface area contributed by atoms with Gasteiger partial charge in [-0.2, -0.15) is 10.2 Å². The predicted octanol–water partition coefficient (Wildman–Crippen LogP) is -0.830. The summed E-state index contributed by atoms with van der Waals surface area (Å²) in [6.45, 7) is 0. The topological polar surface area (TPSA) is 114 Å². The van der Waals surface area contributed by atoms with Crippen molar-refractivity contribution in [1.29, 1.82) is 0 Å². The molecule has 0 amide bonds. The number of H-pyrrole nitrogens is 2. The van der Waals surface area contributed by atoms with Gasteiger partial charge in [-0.15, -0.1) is 15.0 Å². The van der Waals surface area contributed by atoms with Gasteiger partial charge < -0.3 is 0 Å². The van der Waals surface area contributed by atoms with Crippen molar-refractivity contribution < 1.29 is 0 Å². The number of nitrogens with zero attached hydrogens (tertiary/aromatic N) is 7.